The molecule has 1 aromatic heterocycles. The maximum absolute atomic E-state index is 14.9. The zero-order chi connectivity index (χ0) is 32.8. The molecule has 2 heterocycles. The van der Waals surface area contributed by atoms with Crippen LogP contribution in [-0.2, 0) is 27.4 Å². The van der Waals surface area contributed by atoms with Gasteiger partial charge in [0.15, 0.2) is 5.60 Å². The molecule has 9 nitrogen and oxygen atoms in total. The normalized spacial score (nSPS) is 14.4. The molecule has 1 aliphatic heterocycles. The van der Waals surface area contributed by atoms with Crippen molar-refractivity contribution in [2.45, 2.75) is 31.6 Å². The maximum atomic E-state index is 14.9. The van der Waals surface area contributed by atoms with Gasteiger partial charge in [0.1, 0.15) is 12.4 Å². The number of likely N-dealkylation sites (tertiary alicyclic amines) is 1. The molecule has 0 atom stereocenters. The van der Waals surface area contributed by atoms with Gasteiger partial charge in [-0.2, -0.15) is 4.98 Å². The number of halogens is 1. The summed E-state index contributed by atoms with van der Waals surface area (Å²) < 4.78 is 31.4. The lowest BCUT2D eigenvalue weighted by atomic mass is 9.89. The quantitative estimate of drug-likeness (QED) is 0.160. The fraction of sp³-hybridized carbons (Fsp3) is 0.243. The number of hydrogen-bond acceptors (Lipinski definition) is 8. The largest absolute Gasteiger partial charge is 0.509 e. The van der Waals surface area contributed by atoms with Crippen LogP contribution in [0.4, 0.5) is 9.18 Å². The van der Waals surface area contributed by atoms with Crippen LogP contribution in [-0.4, -0.2) is 64.8 Å². The van der Waals surface area contributed by atoms with Crippen LogP contribution in [0.5, 0.6) is 0 Å². The topological polar surface area (TPSA) is 98.0 Å². The van der Waals surface area contributed by atoms with Crippen LogP contribution >= 0.6 is 0 Å². The number of rotatable bonds is 9. The first-order chi connectivity index (χ1) is 22.8. The summed E-state index contributed by atoms with van der Waals surface area (Å²) in [6, 6.07) is 31.4. The SMILES string of the molecule is CN(C)C(=O)C1(OC(=O)OCc2ccccc2)CCN(Cc2ccc(-c3noc(-c4ccc(-c5ccccc5)c(F)c4)n3)cc2)CC1. The molecule has 0 radical (unpaired) electrons. The van der Waals surface area contributed by atoms with Gasteiger partial charge in [-0.25, -0.2) is 9.18 Å². The molecule has 1 saturated heterocycles. The Kier molecular flexibility index (Phi) is 9.40. The number of aromatic nitrogens is 2. The van der Waals surface area contributed by atoms with Crippen molar-refractivity contribution < 1.29 is 28.0 Å². The second kappa shape index (κ2) is 14.0. The van der Waals surface area contributed by atoms with Crippen molar-refractivity contribution >= 4 is 12.1 Å². The van der Waals surface area contributed by atoms with E-state index in [-0.39, 0.29) is 24.2 Å². The first-order valence-corrected chi connectivity index (χ1v) is 15.4. The van der Waals surface area contributed by atoms with Crippen LogP contribution < -0.4 is 0 Å². The van der Waals surface area contributed by atoms with Gasteiger partial charge in [0, 0.05) is 63.3 Å². The Morgan fingerprint density at radius 2 is 1.51 bits per heavy atom. The van der Waals surface area contributed by atoms with E-state index in [1.165, 1.54) is 11.0 Å². The lowest BCUT2D eigenvalue weighted by Crippen LogP contribution is -2.55. The minimum Gasteiger partial charge on any atom is -0.429 e. The minimum atomic E-state index is -1.28. The molecule has 240 valence electrons. The average molecular weight is 635 g/mol. The van der Waals surface area contributed by atoms with E-state index < -0.39 is 11.8 Å². The molecule has 0 spiro atoms. The van der Waals surface area contributed by atoms with Gasteiger partial charge in [-0.15, -0.1) is 0 Å². The highest BCUT2D eigenvalue weighted by Crippen LogP contribution is 2.31. The smallest absolute Gasteiger partial charge is 0.429 e. The van der Waals surface area contributed by atoms with Crippen molar-refractivity contribution in [2.24, 2.45) is 0 Å². The zero-order valence-electron chi connectivity index (χ0n) is 26.3. The molecule has 1 amide bonds. The van der Waals surface area contributed by atoms with Crippen molar-refractivity contribution in [1.29, 1.82) is 0 Å². The van der Waals surface area contributed by atoms with Crippen LogP contribution in [0.1, 0.15) is 24.0 Å². The second-order valence-electron chi connectivity index (χ2n) is 11.8. The Bertz CT molecular complexity index is 1820. The van der Waals surface area contributed by atoms with E-state index >= 15 is 0 Å². The monoisotopic (exact) mass is 634 g/mol. The first kappa shape index (κ1) is 31.6. The predicted octanol–water partition coefficient (Wildman–Crippen LogP) is 6.99. The molecule has 1 aliphatic rings. The van der Waals surface area contributed by atoms with Crippen molar-refractivity contribution in [3.8, 4) is 34.0 Å². The average Bonchev–Trinajstić information content (AvgIpc) is 3.60. The van der Waals surface area contributed by atoms with Crippen LogP contribution in [0.2, 0.25) is 0 Å². The van der Waals surface area contributed by atoms with E-state index in [1.54, 1.807) is 26.2 Å². The Morgan fingerprint density at radius 1 is 0.851 bits per heavy atom. The van der Waals surface area contributed by atoms with Gasteiger partial charge in [0.25, 0.3) is 11.8 Å². The van der Waals surface area contributed by atoms with Crippen LogP contribution in [0, 0.1) is 5.82 Å². The molecule has 1 fully saturated rings. The third-order valence-electron chi connectivity index (χ3n) is 8.28. The minimum absolute atomic E-state index is 0.0690. The van der Waals surface area contributed by atoms with Gasteiger partial charge in [-0.3, -0.25) is 9.69 Å². The van der Waals surface area contributed by atoms with Gasteiger partial charge in [0.2, 0.25) is 5.82 Å². The second-order valence-corrected chi connectivity index (χ2v) is 11.8. The number of hydrogen-bond donors (Lipinski definition) is 0. The Hall–Kier alpha value is -5.35. The van der Waals surface area contributed by atoms with Crippen LogP contribution in [0.25, 0.3) is 34.0 Å². The summed E-state index contributed by atoms with van der Waals surface area (Å²) >= 11 is 0. The highest BCUT2D eigenvalue weighted by atomic mass is 19.1. The molecule has 0 unspecified atom stereocenters. The molecule has 47 heavy (non-hydrogen) atoms. The zero-order valence-corrected chi connectivity index (χ0v) is 26.3. The Balaban J connectivity index is 1.06. The fourth-order valence-corrected chi connectivity index (χ4v) is 5.72. The lowest BCUT2D eigenvalue weighted by Gasteiger charge is -2.40. The number of carbonyl (C=O) groups is 2. The summed E-state index contributed by atoms with van der Waals surface area (Å²) in [6.07, 6.45) is -0.158. The summed E-state index contributed by atoms with van der Waals surface area (Å²) in [6.45, 7) is 1.83. The number of carbonyl (C=O) groups excluding carboxylic acids is 2. The number of piperidine rings is 1. The molecular weight excluding hydrogens is 599 g/mol. The Morgan fingerprint density at radius 3 is 2.17 bits per heavy atom. The number of benzene rings is 4. The van der Waals surface area contributed by atoms with E-state index in [0.717, 1.165) is 22.3 Å². The highest BCUT2D eigenvalue weighted by molar-refractivity contribution is 5.87. The van der Waals surface area contributed by atoms with Crippen molar-refractivity contribution in [3.63, 3.8) is 0 Å². The number of ether oxygens (including phenoxy) is 2. The van der Waals surface area contributed by atoms with Crippen molar-refractivity contribution in [3.05, 3.63) is 120 Å². The Labute approximate surface area is 272 Å². The molecule has 0 saturated carbocycles. The third kappa shape index (κ3) is 7.39. The summed E-state index contributed by atoms with van der Waals surface area (Å²) in [4.78, 5) is 34.0. The number of amides is 1. The van der Waals surface area contributed by atoms with Crippen molar-refractivity contribution in [2.75, 3.05) is 27.2 Å². The molecular formula is C37H35FN4O5. The van der Waals surface area contributed by atoms with Gasteiger partial charge in [-0.05, 0) is 28.8 Å². The lowest BCUT2D eigenvalue weighted by molar-refractivity contribution is -0.157. The summed E-state index contributed by atoms with van der Waals surface area (Å²) in [5, 5.41) is 4.11. The summed E-state index contributed by atoms with van der Waals surface area (Å²) in [5.74, 6) is 0.0130. The molecule has 5 aromatic rings. The third-order valence-corrected chi connectivity index (χ3v) is 8.28. The van der Waals surface area contributed by atoms with E-state index in [0.29, 0.717) is 49.4 Å². The van der Waals surface area contributed by atoms with E-state index in [1.807, 2.05) is 84.9 Å². The molecule has 6 rings (SSSR count). The maximum Gasteiger partial charge on any atom is 0.509 e. The van der Waals surface area contributed by atoms with Gasteiger partial charge in [0.05, 0.1) is 0 Å². The van der Waals surface area contributed by atoms with Gasteiger partial charge >= 0.3 is 6.16 Å². The first-order valence-electron chi connectivity index (χ1n) is 15.4. The molecule has 0 aliphatic carbocycles. The number of likely N-dealkylation sites (N-methyl/N-ethyl adjacent to an activating group) is 1. The van der Waals surface area contributed by atoms with Crippen molar-refractivity contribution in [1.82, 2.24) is 19.9 Å². The number of nitrogens with zero attached hydrogens (tertiary/aromatic N) is 4. The van der Waals surface area contributed by atoms with Crippen LogP contribution in [0.3, 0.4) is 0 Å². The predicted molar refractivity (Wildman–Crippen MR) is 174 cm³/mol. The summed E-state index contributed by atoms with van der Waals surface area (Å²) in [7, 11) is 3.31. The van der Waals surface area contributed by atoms with E-state index in [4.69, 9.17) is 14.0 Å². The van der Waals surface area contributed by atoms with Gasteiger partial charge < -0.3 is 18.9 Å². The standard InChI is InChI=1S/C37H35FN4O5/c1-41(2)35(43)37(46-36(44)45-25-27-9-5-3-6-10-27)19-21-42(22-20-37)24-26-13-15-29(16-14-26)33-39-34(47-40-33)30-17-18-31(32(38)23-30)28-11-7-4-8-12-28/h3-18,23H,19-22,24-25H2,1-2H3. The molecule has 10 heteroatoms. The molecule has 0 N–H and O–H groups in total. The van der Waals surface area contributed by atoms with E-state index in [2.05, 4.69) is 15.0 Å². The fourth-order valence-electron chi connectivity index (χ4n) is 5.72. The van der Waals surface area contributed by atoms with E-state index in [9.17, 15) is 14.0 Å². The highest BCUT2D eigenvalue weighted by Gasteiger charge is 2.46. The van der Waals surface area contributed by atoms with Crippen LogP contribution in [0.15, 0.2) is 108 Å². The summed E-state index contributed by atoms with van der Waals surface area (Å²) in [5.41, 5.74) is 3.18. The molecule has 0 bridgehead atoms. The molecule has 4 aromatic carbocycles. The van der Waals surface area contributed by atoms with Gasteiger partial charge in [-0.1, -0.05) is 96.2 Å².